The van der Waals surface area contributed by atoms with Gasteiger partial charge in [0, 0.05) is 50.8 Å². The van der Waals surface area contributed by atoms with Crippen LogP contribution in [0.3, 0.4) is 0 Å². The molecular formula is C23H24Br2ClN3O2. The van der Waals surface area contributed by atoms with E-state index in [4.69, 9.17) is 21.7 Å². The molecule has 2 aromatic heterocycles. The molecule has 31 heavy (non-hydrogen) atoms. The number of aryl methyl sites for hydroxylation is 2. The van der Waals surface area contributed by atoms with Crippen LogP contribution in [-0.2, 0) is 4.79 Å². The molecule has 1 aromatic carbocycles. The molecule has 1 N–H and O–H groups in total. The maximum Gasteiger partial charge on any atom is 0.303 e. The van der Waals surface area contributed by atoms with E-state index in [1.54, 1.807) is 0 Å². The molecule has 0 unspecified atom stereocenters. The lowest BCUT2D eigenvalue weighted by Crippen LogP contribution is -2.34. The van der Waals surface area contributed by atoms with Crippen LogP contribution < -0.4 is 4.90 Å². The van der Waals surface area contributed by atoms with Crippen molar-refractivity contribution in [3.05, 3.63) is 49.6 Å². The number of carbonyl (C=O) groups is 1. The van der Waals surface area contributed by atoms with Gasteiger partial charge in [0.15, 0.2) is 0 Å². The summed E-state index contributed by atoms with van der Waals surface area (Å²) in [6.07, 6.45) is 5.16. The lowest BCUT2D eigenvalue weighted by Gasteiger charge is -2.33. The number of aliphatic carboxylic acids is 1. The third-order valence-corrected chi connectivity index (χ3v) is 7.41. The Bertz CT molecular complexity index is 1130. The van der Waals surface area contributed by atoms with Gasteiger partial charge < -0.3 is 14.6 Å². The molecule has 164 valence electrons. The SMILES string of the molecule is Cc1cc2c(c(C)cn2-c2c(Br)cc(Cl)cc2Br)c(N2CCC(CCC(=O)O)CC2)n1. The summed E-state index contributed by atoms with van der Waals surface area (Å²) in [4.78, 5) is 18.2. The molecular weight excluding hydrogens is 546 g/mol. The Morgan fingerprint density at radius 1 is 1.19 bits per heavy atom. The number of benzene rings is 1. The third kappa shape index (κ3) is 4.64. The van der Waals surface area contributed by atoms with Gasteiger partial charge in [0.2, 0.25) is 0 Å². The summed E-state index contributed by atoms with van der Waals surface area (Å²) in [5.74, 6) is 0.782. The number of carboxylic acid groups (broad SMARTS) is 1. The first kappa shape index (κ1) is 22.6. The van der Waals surface area contributed by atoms with Crippen molar-refractivity contribution in [3.63, 3.8) is 0 Å². The van der Waals surface area contributed by atoms with Crippen LogP contribution in [0.1, 0.15) is 36.9 Å². The summed E-state index contributed by atoms with van der Waals surface area (Å²) in [5.41, 5.74) is 4.25. The number of pyridine rings is 1. The van der Waals surface area contributed by atoms with Crippen molar-refractivity contribution in [1.29, 1.82) is 0 Å². The van der Waals surface area contributed by atoms with Crippen LogP contribution in [0.4, 0.5) is 5.82 Å². The molecule has 0 bridgehead atoms. The van der Waals surface area contributed by atoms with Crippen molar-refractivity contribution in [2.45, 2.75) is 39.5 Å². The Kier molecular flexibility index (Phi) is 6.65. The summed E-state index contributed by atoms with van der Waals surface area (Å²) < 4.78 is 4.02. The summed E-state index contributed by atoms with van der Waals surface area (Å²) in [7, 11) is 0. The Balaban J connectivity index is 1.72. The molecule has 0 atom stereocenters. The molecule has 0 spiro atoms. The van der Waals surface area contributed by atoms with Crippen LogP contribution in [0.2, 0.25) is 5.02 Å². The fraction of sp³-hybridized carbons (Fsp3) is 0.391. The van der Waals surface area contributed by atoms with E-state index in [9.17, 15) is 4.79 Å². The van der Waals surface area contributed by atoms with Gasteiger partial charge in [-0.25, -0.2) is 4.98 Å². The minimum atomic E-state index is -0.707. The number of fused-ring (bicyclic) bond motifs is 1. The van der Waals surface area contributed by atoms with Crippen LogP contribution in [0, 0.1) is 19.8 Å². The van der Waals surface area contributed by atoms with Crippen LogP contribution in [0.15, 0.2) is 33.3 Å². The highest BCUT2D eigenvalue weighted by atomic mass is 79.9. The van der Waals surface area contributed by atoms with Gasteiger partial charge in [-0.1, -0.05) is 11.6 Å². The van der Waals surface area contributed by atoms with Crippen LogP contribution in [0.5, 0.6) is 0 Å². The normalized spacial score (nSPS) is 15.1. The number of anilines is 1. The molecule has 3 aromatic rings. The Hall–Kier alpha value is -1.57. The van der Waals surface area contributed by atoms with Gasteiger partial charge in [-0.15, -0.1) is 0 Å². The second kappa shape index (κ2) is 9.12. The van der Waals surface area contributed by atoms with Gasteiger partial charge in [-0.05, 0) is 94.7 Å². The number of hydrogen-bond donors (Lipinski definition) is 1. The maximum atomic E-state index is 10.9. The first-order valence-corrected chi connectivity index (χ1v) is 12.3. The monoisotopic (exact) mass is 567 g/mol. The summed E-state index contributed by atoms with van der Waals surface area (Å²) in [6, 6.07) is 5.93. The predicted molar refractivity (Wildman–Crippen MR) is 133 cm³/mol. The van der Waals surface area contributed by atoms with Gasteiger partial charge >= 0.3 is 5.97 Å². The fourth-order valence-corrected chi connectivity index (χ4v) is 6.53. The van der Waals surface area contributed by atoms with Crippen LogP contribution >= 0.6 is 43.5 Å². The first-order valence-electron chi connectivity index (χ1n) is 10.4. The van der Waals surface area contributed by atoms with E-state index in [2.05, 4.69) is 60.5 Å². The summed E-state index contributed by atoms with van der Waals surface area (Å²) in [6.45, 7) is 5.95. The number of nitrogens with zero attached hydrogens (tertiary/aromatic N) is 3. The van der Waals surface area contributed by atoms with E-state index in [1.807, 2.05) is 19.1 Å². The minimum Gasteiger partial charge on any atom is -0.481 e. The highest BCUT2D eigenvalue weighted by Crippen LogP contribution is 2.39. The van der Waals surface area contributed by atoms with E-state index < -0.39 is 5.97 Å². The van der Waals surface area contributed by atoms with Gasteiger partial charge in [0.05, 0.1) is 11.2 Å². The molecule has 1 saturated heterocycles. The molecule has 0 radical (unpaired) electrons. The van der Waals surface area contributed by atoms with Crippen LogP contribution in [0.25, 0.3) is 16.6 Å². The average molecular weight is 570 g/mol. The lowest BCUT2D eigenvalue weighted by molar-refractivity contribution is -0.137. The Morgan fingerprint density at radius 2 is 1.84 bits per heavy atom. The van der Waals surface area contributed by atoms with E-state index in [-0.39, 0.29) is 6.42 Å². The van der Waals surface area contributed by atoms with E-state index >= 15 is 0 Å². The van der Waals surface area contributed by atoms with E-state index in [1.165, 1.54) is 5.56 Å². The number of carboxylic acids is 1. The standard InChI is InChI=1S/C23H24Br2ClN3O2/c1-13-12-29(22-17(24)10-16(26)11-18(22)25)19-9-14(2)27-23(21(13)19)28-7-5-15(6-8-28)3-4-20(30)31/h9-12,15H,3-8H2,1-2H3,(H,30,31). The molecule has 0 saturated carbocycles. The van der Waals surface area contributed by atoms with Crippen molar-refractivity contribution < 1.29 is 9.90 Å². The zero-order valence-corrected chi connectivity index (χ0v) is 21.4. The minimum absolute atomic E-state index is 0.254. The van der Waals surface area contributed by atoms with E-state index in [0.717, 1.165) is 69.4 Å². The van der Waals surface area contributed by atoms with Crippen molar-refractivity contribution in [1.82, 2.24) is 9.55 Å². The topological polar surface area (TPSA) is 58.4 Å². The van der Waals surface area contributed by atoms with Gasteiger partial charge in [-0.2, -0.15) is 0 Å². The lowest BCUT2D eigenvalue weighted by atomic mass is 9.92. The van der Waals surface area contributed by atoms with Crippen molar-refractivity contribution in [2.75, 3.05) is 18.0 Å². The number of piperidine rings is 1. The van der Waals surface area contributed by atoms with Gasteiger partial charge in [0.1, 0.15) is 5.82 Å². The van der Waals surface area contributed by atoms with Crippen molar-refractivity contribution in [3.8, 4) is 5.69 Å². The highest BCUT2D eigenvalue weighted by Gasteiger charge is 2.25. The zero-order valence-electron chi connectivity index (χ0n) is 17.5. The van der Waals surface area contributed by atoms with Crippen molar-refractivity contribution in [2.24, 2.45) is 5.92 Å². The first-order chi connectivity index (χ1) is 14.7. The average Bonchev–Trinajstić information content (AvgIpc) is 3.01. The van der Waals surface area contributed by atoms with Crippen molar-refractivity contribution >= 4 is 66.2 Å². The molecule has 8 heteroatoms. The van der Waals surface area contributed by atoms with E-state index in [0.29, 0.717) is 10.9 Å². The molecule has 5 nitrogen and oxygen atoms in total. The second-order valence-corrected chi connectivity index (χ2v) is 10.4. The quantitative estimate of drug-likeness (QED) is 0.363. The molecule has 0 amide bonds. The zero-order chi connectivity index (χ0) is 22.3. The predicted octanol–water partition coefficient (Wildman–Crippen LogP) is 6.90. The van der Waals surface area contributed by atoms with Crippen LogP contribution in [-0.4, -0.2) is 33.7 Å². The number of aromatic nitrogens is 2. The fourth-order valence-electron chi connectivity index (χ4n) is 4.48. The maximum absolute atomic E-state index is 10.9. The number of hydrogen-bond acceptors (Lipinski definition) is 3. The second-order valence-electron chi connectivity index (χ2n) is 8.24. The molecule has 3 heterocycles. The largest absolute Gasteiger partial charge is 0.481 e. The molecule has 1 fully saturated rings. The Morgan fingerprint density at radius 3 is 2.45 bits per heavy atom. The molecule has 4 rings (SSSR count). The summed E-state index contributed by atoms with van der Waals surface area (Å²) in [5, 5.41) is 10.8. The number of rotatable bonds is 5. The number of halogens is 3. The Labute approximate surface area is 203 Å². The van der Waals surface area contributed by atoms with Gasteiger partial charge in [0.25, 0.3) is 0 Å². The summed E-state index contributed by atoms with van der Waals surface area (Å²) >= 11 is 13.6. The van der Waals surface area contributed by atoms with Gasteiger partial charge in [-0.3, -0.25) is 4.79 Å². The molecule has 1 aliphatic rings. The third-order valence-electron chi connectivity index (χ3n) is 5.99. The smallest absolute Gasteiger partial charge is 0.303 e. The molecule has 1 aliphatic heterocycles. The highest BCUT2D eigenvalue weighted by molar-refractivity contribution is 9.11. The molecule has 0 aliphatic carbocycles.